The number of allylic oxidation sites excluding steroid dienone is 6. The van der Waals surface area contributed by atoms with Gasteiger partial charge in [0.1, 0.15) is 0 Å². The van der Waals surface area contributed by atoms with Gasteiger partial charge in [-0.1, -0.05) is 0 Å². The molecule has 3 aliphatic heterocycles. The van der Waals surface area contributed by atoms with Gasteiger partial charge in [-0.25, -0.2) is 0 Å². The van der Waals surface area contributed by atoms with Crippen molar-refractivity contribution in [1.29, 1.82) is 0 Å². The van der Waals surface area contributed by atoms with E-state index in [2.05, 4.69) is 83.1 Å². The van der Waals surface area contributed by atoms with E-state index in [1.165, 1.54) is 73.9 Å². The Labute approximate surface area is 197 Å². The first-order valence-corrected chi connectivity index (χ1v) is 26.1. The van der Waals surface area contributed by atoms with Crippen LogP contribution in [0.15, 0.2) is 33.4 Å². The van der Waals surface area contributed by atoms with Crippen LogP contribution in [0.2, 0.25) is 0 Å². The van der Waals surface area contributed by atoms with Crippen LogP contribution in [0.5, 0.6) is 0 Å². The molecule has 0 fully saturated rings. The van der Waals surface area contributed by atoms with Gasteiger partial charge in [0.25, 0.3) is 0 Å². The third-order valence-electron chi connectivity index (χ3n) is 8.90. The van der Waals surface area contributed by atoms with Crippen LogP contribution < -0.4 is 0 Å². The first kappa shape index (κ1) is 25.7. The summed E-state index contributed by atoms with van der Waals surface area (Å²) in [5, 5.41) is 4.31. The monoisotopic (exact) mass is 668 g/mol. The molecule has 0 saturated heterocycles. The minimum absolute atomic E-state index is 0.204. The Morgan fingerprint density at radius 1 is 0.500 bits per heavy atom. The van der Waals surface area contributed by atoms with Crippen LogP contribution in [0.1, 0.15) is 83.1 Å². The van der Waals surface area contributed by atoms with E-state index in [1.807, 2.05) is 0 Å². The van der Waals surface area contributed by atoms with E-state index >= 15 is 0 Å². The van der Waals surface area contributed by atoms with Gasteiger partial charge in [-0.15, -0.1) is 0 Å². The van der Waals surface area contributed by atoms with E-state index in [0.717, 1.165) is 0 Å². The Hall–Kier alpha value is 1.05. The summed E-state index contributed by atoms with van der Waals surface area (Å²) in [5.74, 6) is 0. The molecule has 0 aromatic rings. The second kappa shape index (κ2) is 7.27. The molecule has 0 bridgehead atoms. The molecule has 0 saturated carbocycles. The van der Waals surface area contributed by atoms with Crippen molar-refractivity contribution in [3.63, 3.8) is 0 Å². The Morgan fingerprint density at radius 3 is 0.833 bits per heavy atom. The molecule has 3 aliphatic rings. The van der Waals surface area contributed by atoms with Crippen LogP contribution in [-0.4, -0.2) is 26.0 Å². The third kappa shape index (κ3) is 2.58. The van der Waals surface area contributed by atoms with Crippen molar-refractivity contribution in [2.45, 2.75) is 93.2 Å². The summed E-state index contributed by atoms with van der Waals surface area (Å²) < 4.78 is -0.611. The SMILES string of the molecule is CC1=P[C](C)([Ta]([Cl])([Cl])([C]2(C)P=C(C)C(C)=C2C)[C]2(C)P=C(C)C(C)=C2C)C(C)=C1C. The average molecular weight is 669 g/mol. The third-order valence-corrected chi connectivity index (χ3v) is 68.8. The zero-order valence-corrected chi connectivity index (χ0v) is 28.0. The first-order chi connectivity index (χ1) is 13.4. The van der Waals surface area contributed by atoms with Crippen LogP contribution in [-0.2, 0) is 13.7 Å². The Balaban J connectivity index is 2.59. The summed E-state index contributed by atoms with van der Waals surface area (Å²) >= 11 is -4.97. The van der Waals surface area contributed by atoms with Crippen molar-refractivity contribution in [3.8, 4) is 0 Å². The van der Waals surface area contributed by atoms with Crippen molar-refractivity contribution >= 4 is 58.9 Å². The van der Waals surface area contributed by atoms with Crippen molar-refractivity contribution in [2.24, 2.45) is 0 Å². The quantitative estimate of drug-likeness (QED) is 0.263. The molecule has 0 aromatic carbocycles. The summed E-state index contributed by atoms with van der Waals surface area (Å²) in [6.07, 6.45) is 0. The summed E-state index contributed by atoms with van der Waals surface area (Å²) in [6, 6.07) is 0. The Kier molecular flexibility index (Phi) is 6.22. The summed E-state index contributed by atoms with van der Waals surface area (Å²) in [6.45, 7) is 27.8. The summed E-state index contributed by atoms with van der Waals surface area (Å²) in [4.78, 5) is 0. The molecule has 0 aliphatic carbocycles. The molecule has 30 heavy (non-hydrogen) atoms. The van der Waals surface area contributed by atoms with Gasteiger partial charge in [0.15, 0.2) is 0 Å². The van der Waals surface area contributed by atoms with Gasteiger partial charge >= 0.3 is 199 Å². The fraction of sp³-hybridized carbons (Fsp3) is 0.625. The molecule has 0 radical (unpaired) electrons. The molecule has 0 amide bonds. The molecule has 0 aromatic heterocycles. The van der Waals surface area contributed by atoms with Crippen molar-refractivity contribution in [3.05, 3.63) is 33.4 Å². The maximum atomic E-state index is 8.53. The molecular weight excluding hydrogens is 633 g/mol. The molecule has 0 nitrogen and oxygen atoms in total. The number of hydrogen-bond donors (Lipinski definition) is 0. The van der Waals surface area contributed by atoms with Gasteiger partial charge in [-0.3, -0.25) is 0 Å². The van der Waals surface area contributed by atoms with E-state index in [9.17, 15) is 0 Å². The molecule has 3 atom stereocenters. The van der Waals surface area contributed by atoms with Gasteiger partial charge in [0.2, 0.25) is 0 Å². The van der Waals surface area contributed by atoms with E-state index in [-0.39, 0.29) is 10.1 Å². The first-order valence-electron chi connectivity index (χ1n) is 10.6. The molecule has 3 heterocycles. The van der Waals surface area contributed by atoms with Gasteiger partial charge in [-0.2, -0.15) is 0 Å². The van der Waals surface area contributed by atoms with Gasteiger partial charge < -0.3 is 0 Å². The second-order valence-electron chi connectivity index (χ2n) is 9.81. The summed E-state index contributed by atoms with van der Waals surface area (Å²) in [5.41, 5.74) is 8.52. The van der Waals surface area contributed by atoms with E-state index < -0.39 is 13.7 Å². The van der Waals surface area contributed by atoms with Gasteiger partial charge in [-0.05, 0) is 0 Å². The Morgan fingerprint density at radius 2 is 0.700 bits per heavy atom. The van der Waals surface area contributed by atoms with Crippen molar-refractivity contribution in [2.75, 3.05) is 0 Å². The Bertz CT molecular complexity index is 939. The molecule has 3 rings (SSSR count). The molecule has 3 unspecified atom stereocenters. The second-order valence-corrected chi connectivity index (χ2v) is 47.8. The number of rotatable bonds is 3. The van der Waals surface area contributed by atoms with Crippen LogP contribution in [0.3, 0.4) is 0 Å². The standard InChI is InChI=1S/3C8H12P.2ClH.Ta/c3*1-5-6(2)8(4)9-7(5)3;;;/h3*1-4H3;2*1H;/q;;;;;+2/p-2. The zero-order chi connectivity index (χ0) is 23.3. The molecule has 6 heteroatoms. The molecular formula is C24H36Cl2P3Ta. The molecule has 166 valence electrons. The average Bonchev–Trinajstić information content (AvgIpc) is 3.09. The normalized spacial score (nSPS) is 37.9. The van der Waals surface area contributed by atoms with Crippen LogP contribution in [0.25, 0.3) is 0 Å². The maximum absolute atomic E-state index is 8.53. The zero-order valence-electron chi connectivity index (χ0n) is 20.5. The van der Waals surface area contributed by atoms with E-state index in [0.29, 0.717) is 0 Å². The predicted octanol–water partition coefficient (Wildman–Crippen LogP) is 9.60. The van der Waals surface area contributed by atoms with E-state index in [4.69, 9.17) is 18.4 Å². The predicted molar refractivity (Wildman–Crippen MR) is 145 cm³/mol. The fourth-order valence-corrected chi connectivity index (χ4v) is 61.7. The van der Waals surface area contributed by atoms with Crippen LogP contribution >= 0.6 is 43.0 Å². The topological polar surface area (TPSA) is 0 Å². The number of halogens is 2. The van der Waals surface area contributed by atoms with Crippen LogP contribution in [0.4, 0.5) is 0 Å². The van der Waals surface area contributed by atoms with Gasteiger partial charge in [0, 0.05) is 0 Å². The molecule has 0 spiro atoms. The summed E-state index contributed by atoms with van der Waals surface area (Å²) in [7, 11) is 21.0. The number of hydrogen-bond acceptors (Lipinski definition) is 0. The van der Waals surface area contributed by atoms with Crippen LogP contribution in [0, 0.1) is 0 Å². The van der Waals surface area contributed by atoms with Crippen molar-refractivity contribution in [1.82, 2.24) is 0 Å². The van der Waals surface area contributed by atoms with E-state index in [1.54, 1.807) is 0 Å². The van der Waals surface area contributed by atoms with Gasteiger partial charge in [0.05, 0.1) is 0 Å². The fourth-order valence-electron chi connectivity index (χ4n) is 5.78. The van der Waals surface area contributed by atoms with Crippen molar-refractivity contribution < 1.29 is 13.7 Å². The molecule has 0 N–H and O–H groups in total. The minimum atomic E-state index is -4.97.